The second kappa shape index (κ2) is 12.8. The number of methoxy groups -OCH3 is 1. The Labute approximate surface area is 255 Å². The molecule has 17 heteroatoms. The maximum Gasteiger partial charge on any atom is 0.424 e. The molecule has 2 aromatic carbocycles. The monoisotopic (exact) mass is 659 g/mol. The number of aliphatic hydroxyl groups is 1. The summed E-state index contributed by atoms with van der Waals surface area (Å²) in [5, 5.41) is 16.3. The maximum atomic E-state index is 14.6. The summed E-state index contributed by atoms with van der Waals surface area (Å²) in [6, 6.07) is 6.34. The maximum absolute atomic E-state index is 14.6. The first kappa shape index (κ1) is 33.3. The van der Waals surface area contributed by atoms with E-state index < -0.39 is 65.3 Å². The number of carbonyl (C=O) groups is 2. The summed E-state index contributed by atoms with van der Waals surface area (Å²) in [6.07, 6.45) is -5.25. The SMILES string of the molecule is CCOc1c(CC(N)=O)cc([C@@](O)(CNC(=O)c2cc(OC)c3nn(C(F)F)cc3c2)C(F)(F)F)nc1-c1cccc(F)c1Cl. The van der Waals surface area contributed by atoms with Crippen molar-refractivity contribution in [1.82, 2.24) is 20.1 Å². The van der Waals surface area contributed by atoms with Gasteiger partial charge in [-0.1, -0.05) is 23.7 Å². The third-order valence-corrected chi connectivity index (χ3v) is 6.96. The molecule has 0 fully saturated rings. The van der Waals surface area contributed by atoms with Crippen molar-refractivity contribution in [3.8, 4) is 22.8 Å². The molecule has 0 radical (unpaired) electrons. The molecule has 2 heterocycles. The third kappa shape index (κ3) is 6.61. The molecular formula is C28H24ClF6N5O5. The summed E-state index contributed by atoms with van der Waals surface area (Å²) in [5.41, 5.74) is -0.906. The molecule has 0 saturated heterocycles. The number of pyridine rings is 1. The van der Waals surface area contributed by atoms with E-state index in [9.17, 15) is 41.0 Å². The van der Waals surface area contributed by atoms with Gasteiger partial charge in [-0.3, -0.25) is 9.59 Å². The van der Waals surface area contributed by atoms with Crippen LogP contribution in [0.3, 0.4) is 0 Å². The van der Waals surface area contributed by atoms with Gasteiger partial charge < -0.3 is 25.6 Å². The van der Waals surface area contributed by atoms with Crippen molar-refractivity contribution in [3.05, 3.63) is 70.3 Å². The number of halogens is 7. The predicted octanol–water partition coefficient (Wildman–Crippen LogP) is 4.90. The minimum absolute atomic E-state index is 0.0202. The molecule has 240 valence electrons. The van der Waals surface area contributed by atoms with Crippen LogP contribution in [-0.4, -0.2) is 58.1 Å². The van der Waals surface area contributed by atoms with Crippen LogP contribution in [0.25, 0.3) is 22.2 Å². The Morgan fingerprint density at radius 3 is 2.51 bits per heavy atom. The van der Waals surface area contributed by atoms with E-state index in [4.69, 9.17) is 26.8 Å². The molecule has 0 bridgehead atoms. The van der Waals surface area contributed by atoms with Crippen molar-refractivity contribution in [2.45, 2.75) is 31.7 Å². The van der Waals surface area contributed by atoms with E-state index in [1.165, 1.54) is 26.2 Å². The van der Waals surface area contributed by atoms with E-state index in [1.807, 2.05) is 5.32 Å². The molecule has 0 aliphatic heterocycles. The fourth-order valence-corrected chi connectivity index (χ4v) is 4.66. The first-order valence-electron chi connectivity index (χ1n) is 12.9. The van der Waals surface area contributed by atoms with Crippen LogP contribution < -0.4 is 20.5 Å². The first-order chi connectivity index (χ1) is 21.1. The number of hydrogen-bond donors (Lipinski definition) is 3. The van der Waals surface area contributed by atoms with Crippen LogP contribution in [0.4, 0.5) is 26.3 Å². The molecule has 0 spiro atoms. The second-order valence-corrected chi connectivity index (χ2v) is 9.94. The topological polar surface area (TPSA) is 142 Å². The normalized spacial score (nSPS) is 13.1. The van der Waals surface area contributed by atoms with Gasteiger partial charge in [0.1, 0.15) is 28.5 Å². The molecule has 0 unspecified atom stereocenters. The average Bonchev–Trinajstić information content (AvgIpc) is 3.41. The van der Waals surface area contributed by atoms with Gasteiger partial charge in [0.15, 0.2) is 0 Å². The number of fused-ring (bicyclic) bond motifs is 1. The number of nitrogens with zero attached hydrogens (tertiary/aromatic N) is 3. The van der Waals surface area contributed by atoms with Crippen molar-refractivity contribution in [2.75, 3.05) is 20.3 Å². The van der Waals surface area contributed by atoms with Gasteiger partial charge in [-0.05, 0) is 31.2 Å². The van der Waals surface area contributed by atoms with E-state index in [1.54, 1.807) is 0 Å². The van der Waals surface area contributed by atoms with E-state index in [-0.39, 0.29) is 45.7 Å². The molecule has 0 aliphatic carbocycles. The van der Waals surface area contributed by atoms with Crippen molar-refractivity contribution < 1.29 is 50.5 Å². The van der Waals surface area contributed by atoms with Crippen molar-refractivity contribution >= 4 is 34.3 Å². The molecule has 10 nitrogen and oxygen atoms in total. The van der Waals surface area contributed by atoms with Gasteiger partial charge in [0, 0.05) is 28.3 Å². The number of ether oxygens (including phenoxy) is 2. The van der Waals surface area contributed by atoms with Crippen LogP contribution in [0.2, 0.25) is 5.02 Å². The number of hydrogen-bond acceptors (Lipinski definition) is 7. The van der Waals surface area contributed by atoms with Crippen LogP contribution in [0.1, 0.15) is 35.1 Å². The molecule has 4 N–H and O–H groups in total. The number of carbonyl (C=O) groups excluding carboxylic acids is 2. The van der Waals surface area contributed by atoms with Crippen LogP contribution in [0.5, 0.6) is 11.5 Å². The number of aromatic nitrogens is 3. The summed E-state index contributed by atoms with van der Waals surface area (Å²) in [5.74, 6) is -3.42. The Morgan fingerprint density at radius 2 is 1.91 bits per heavy atom. The highest BCUT2D eigenvalue weighted by atomic mass is 35.5. The third-order valence-electron chi connectivity index (χ3n) is 6.58. The highest BCUT2D eigenvalue weighted by Gasteiger charge is 2.57. The number of alkyl halides is 5. The highest BCUT2D eigenvalue weighted by molar-refractivity contribution is 6.33. The number of benzene rings is 2. The summed E-state index contributed by atoms with van der Waals surface area (Å²) >= 11 is 6.11. The largest absolute Gasteiger partial charge is 0.494 e. The smallest absolute Gasteiger partial charge is 0.424 e. The Morgan fingerprint density at radius 1 is 1.20 bits per heavy atom. The lowest BCUT2D eigenvalue weighted by atomic mass is 9.93. The molecule has 1 atom stereocenters. The predicted molar refractivity (Wildman–Crippen MR) is 149 cm³/mol. The van der Waals surface area contributed by atoms with E-state index in [2.05, 4.69) is 10.1 Å². The molecule has 4 aromatic rings. The molecule has 45 heavy (non-hydrogen) atoms. The van der Waals surface area contributed by atoms with Crippen LogP contribution in [-0.2, 0) is 16.8 Å². The van der Waals surface area contributed by atoms with Gasteiger partial charge in [0.25, 0.3) is 5.91 Å². The molecular weight excluding hydrogens is 636 g/mol. The Hall–Kier alpha value is -4.57. The summed E-state index contributed by atoms with van der Waals surface area (Å²) in [4.78, 5) is 28.9. The van der Waals surface area contributed by atoms with Gasteiger partial charge in [-0.2, -0.15) is 27.1 Å². The lowest BCUT2D eigenvalue weighted by molar-refractivity contribution is -0.265. The van der Waals surface area contributed by atoms with Crippen LogP contribution in [0, 0.1) is 5.82 Å². The van der Waals surface area contributed by atoms with Crippen molar-refractivity contribution in [2.24, 2.45) is 5.73 Å². The fraction of sp³-hybridized carbons (Fsp3) is 0.286. The number of primary amides is 1. The number of amides is 2. The molecule has 2 amide bonds. The van der Waals surface area contributed by atoms with Crippen LogP contribution >= 0.6 is 11.6 Å². The lowest BCUT2D eigenvalue weighted by Gasteiger charge is -2.31. The zero-order chi connectivity index (χ0) is 33.3. The molecule has 0 aliphatic rings. The van der Waals surface area contributed by atoms with Gasteiger partial charge in [0.2, 0.25) is 11.5 Å². The minimum atomic E-state index is -5.49. The van der Waals surface area contributed by atoms with Crippen molar-refractivity contribution in [3.63, 3.8) is 0 Å². The van der Waals surface area contributed by atoms with E-state index in [0.717, 1.165) is 30.5 Å². The van der Waals surface area contributed by atoms with Crippen molar-refractivity contribution in [1.29, 1.82) is 0 Å². The van der Waals surface area contributed by atoms with E-state index >= 15 is 0 Å². The lowest BCUT2D eigenvalue weighted by Crippen LogP contribution is -2.51. The Bertz CT molecular complexity index is 1770. The summed E-state index contributed by atoms with van der Waals surface area (Å²) in [6.45, 7) is -3.06. The minimum Gasteiger partial charge on any atom is -0.494 e. The zero-order valence-electron chi connectivity index (χ0n) is 23.4. The number of nitrogens with one attached hydrogen (secondary N) is 1. The number of nitrogens with two attached hydrogens (primary N) is 1. The molecule has 2 aromatic heterocycles. The number of rotatable bonds is 11. The first-order valence-corrected chi connectivity index (χ1v) is 13.3. The standard InChI is InChI=1S/C28H24ClF6N5O5/c1-3-45-24-13(10-20(36)41)9-19(38-23(24)16-5-4-6-17(30)21(16)29)27(43,28(33,34)35)12-37-25(42)14-7-15-11-40(26(31)32)39-22(15)18(8-14)44-2/h4-9,11,26,43H,3,10,12H2,1-2H3,(H2,36,41)(H,37,42)/t27-/m0/s1. The second-order valence-electron chi connectivity index (χ2n) is 9.57. The van der Waals surface area contributed by atoms with Gasteiger partial charge in [-0.15, -0.1) is 0 Å². The quantitative estimate of drug-likeness (QED) is 0.195. The van der Waals surface area contributed by atoms with Gasteiger partial charge >= 0.3 is 12.7 Å². The summed E-state index contributed by atoms with van der Waals surface area (Å²) < 4.78 is 95.5. The van der Waals surface area contributed by atoms with Gasteiger partial charge in [0.05, 0.1) is 37.4 Å². The zero-order valence-corrected chi connectivity index (χ0v) is 24.1. The van der Waals surface area contributed by atoms with Gasteiger partial charge in [-0.25, -0.2) is 14.1 Å². The Balaban J connectivity index is 1.82. The van der Waals surface area contributed by atoms with E-state index in [0.29, 0.717) is 4.68 Å². The molecule has 0 saturated carbocycles. The fourth-order valence-electron chi connectivity index (χ4n) is 4.45. The Kier molecular flexibility index (Phi) is 9.48. The average molecular weight is 660 g/mol. The van der Waals surface area contributed by atoms with Crippen LogP contribution in [0.15, 0.2) is 42.6 Å². The molecule has 4 rings (SSSR count). The summed E-state index contributed by atoms with van der Waals surface area (Å²) in [7, 11) is 1.17. The highest BCUT2D eigenvalue weighted by Crippen LogP contribution is 2.43.